The smallest absolute Gasteiger partial charge is 0.227 e. The maximum absolute atomic E-state index is 12.9. The van der Waals surface area contributed by atoms with Crippen molar-refractivity contribution in [3.8, 4) is 0 Å². The van der Waals surface area contributed by atoms with Crippen LogP contribution < -0.4 is 0 Å². The van der Waals surface area contributed by atoms with Crippen LogP contribution in [0.4, 0.5) is 0 Å². The summed E-state index contributed by atoms with van der Waals surface area (Å²) in [4.78, 5) is 25.8. The van der Waals surface area contributed by atoms with E-state index in [0.717, 1.165) is 50.8 Å². The van der Waals surface area contributed by atoms with Crippen molar-refractivity contribution in [2.45, 2.75) is 40.3 Å². The SMILES string of the molecule is Cc1nc(C)n(C[C@@H](C)C(=O)N2CCCN(Cc3cccnc3)CC2)n1. The summed E-state index contributed by atoms with van der Waals surface area (Å²) in [6.07, 6.45) is 4.71. The first-order chi connectivity index (χ1) is 12.5. The van der Waals surface area contributed by atoms with Crippen LogP contribution in [0.3, 0.4) is 0 Å². The van der Waals surface area contributed by atoms with Gasteiger partial charge in [0.15, 0.2) is 0 Å². The Labute approximate surface area is 155 Å². The maximum Gasteiger partial charge on any atom is 0.227 e. The van der Waals surface area contributed by atoms with E-state index in [9.17, 15) is 4.79 Å². The zero-order valence-electron chi connectivity index (χ0n) is 15.9. The highest BCUT2D eigenvalue weighted by Crippen LogP contribution is 2.12. The molecule has 0 radical (unpaired) electrons. The quantitative estimate of drug-likeness (QED) is 0.815. The molecule has 0 aliphatic carbocycles. The molecule has 7 heteroatoms. The second kappa shape index (κ2) is 8.40. The van der Waals surface area contributed by atoms with Crippen LogP contribution in [-0.2, 0) is 17.9 Å². The lowest BCUT2D eigenvalue weighted by molar-refractivity contribution is -0.135. The minimum absolute atomic E-state index is 0.0975. The summed E-state index contributed by atoms with van der Waals surface area (Å²) in [5.74, 6) is 1.73. The second-order valence-electron chi connectivity index (χ2n) is 7.11. The molecule has 1 saturated heterocycles. The van der Waals surface area contributed by atoms with E-state index in [1.165, 1.54) is 5.56 Å². The molecule has 1 atom stereocenters. The van der Waals surface area contributed by atoms with E-state index in [2.05, 4.69) is 26.0 Å². The number of aryl methyl sites for hydroxylation is 2. The molecule has 3 rings (SSSR count). The number of amides is 1. The van der Waals surface area contributed by atoms with Gasteiger partial charge >= 0.3 is 0 Å². The molecule has 2 aromatic heterocycles. The molecule has 1 amide bonds. The van der Waals surface area contributed by atoms with Crippen LogP contribution in [0.25, 0.3) is 0 Å². The Hall–Kier alpha value is -2.28. The molecule has 0 spiro atoms. The van der Waals surface area contributed by atoms with Crippen LogP contribution in [0.15, 0.2) is 24.5 Å². The van der Waals surface area contributed by atoms with Crippen LogP contribution in [0.1, 0.15) is 30.6 Å². The zero-order chi connectivity index (χ0) is 18.5. The zero-order valence-corrected chi connectivity index (χ0v) is 15.9. The van der Waals surface area contributed by atoms with Crippen LogP contribution in [-0.4, -0.2) is 61.6 Å². The Kier molecular flexibility index (Phi) is 5.98. The minimum atomic E-state index is -0.0975. The normalized spacial score (nSPS) is 17.1. The molecule has 3 heterocycles. The third-order valence-electron chi connectivity index (χ3n) is 4.86. The molecular weight excluding hydrogens is 328 g/mol. The average Bonchev–Trinajstić information content (AvgIpc) is 2.82. The molecule has 1 aliphatic rings. The lowest BCUT2D eigenvalue weighted by atomic mass is 10.1. The Balaban J connectivity index is 1.54. The highest BCUT2D eigenvalue weighted by molar-refractivity contribution is 5.78. The Morgan fingerprint density at radius 1 is 1.23 bits per heavy atom. The fraction of sp³-hybridized carbons (Fsp3) is 0.579. The number of aromatic nitrogens is 4. The number of hydrogen-bond acceptors (Lipinski definition) is 5. The summed E-state index contributed by atoms with van der Waals surface area (Å²) in [5.41, 5.74) is 1.22. The van der Waals surface area contributed by atoms with Gasteiger partial charge in [0.05, 0.1) is 12.5 Å². The third kappa shape index (κ3) is 4.66. The van der Waals surface area contributed by atoms with Gasteiger partial charge in [0.25, 0.3) is 0 Å². The van der Waals surface area contributed by atoms with Crippen molar-refractivity contribution in [3.63, 3.8) is 0 Å². The van der Waals surface area contributed by atoms with Crippen molar-refractivity contribution in [2.24, 2.45) is 5.92 Å². The number of rotatable bonds is 5. The summed E-state index contributed by atoms with van der Waals surface area (Å²) >= 11 is 0. The van der Waals surface area contributed by atoms with E-state index in [1.807, 2.05) is 42.6 Å². The predicted molar refractivity (Wildman–Crippen MR) is 99.4 cm³/mol. The molecule has 0 bridgehead atoms. The monoisotopic (exact) mass is 356 g/mol. The van der Waals surface area contributed by atoms with Crippen molar-refractivity contribution in [1.82, 2.24) is 29.5 Å². The van der Waals surface area contributed by atoms with Crippen molar-refractivity contribution < 1.29 is 4.79 Å². The largest absolute Gasteiger partial charge is 0.341 e. The van der Waals surface area contributed by atoms with Gasteiger partial charge in [-0.3, -0.25) is 14.7 Å². The lowest BCUT2D eigenvalue weighted by Gasteiger charge is -2.25. The highest BCUT2D eigenvalue weighted by Gasteiger charge is 2.24. The molecule has 140 valence electrons. The number of carbonyl (C=O) groups excluding carboxylic acids is 1. The molecular formula is C19H28N6O. The van der Waals surface area contributed by atoms with Crippen LogP contribution in [0.2, 0.25) is 0 Å². The number of carbonyl (C=O) groups is 1. The molecule has 2 aromatic rings. The van der Waals surface area contributed by atoms with Gasteiger partial charge in [-0.15, -0.1) is 0 Å². The first-order valence-corrected chi connectivity index (χ1v) is 9.31. The minimum Gasteiger partial charge on any atom is -0.341 e. The van der Waals surface area contributed by atoms with Gasteiger partial charge in [-0.25, -0.2) is 9.67 Å². The van der Waals surface area contributed by atoms with Crippen molar-refractivity contribution >= 4 is 5.91 Å². The van der Waals surface area contributed by atoms with E-state index in [0.29, 0.717) is 6.54 Å². The lowest BCUT2D eigenvalue weighted by Crippen LogP contribution is -2.39. The molecule has 26 heavy (non-hydrogen) atoms. The van der Waals surface area contributed by atoms with E-state index in [4.69, 9.17) is 0 Å². The molecule has 0 saturated carbocycles. The van der Waals surface area contributed by atoms with Gasteiger partial charge in [0.1, 0.15) is 11.6 Å². The van der Waals surface area contributed by atoms with E-state index < -0.39 is 0 Å². The van der Waals surface area contributed by atoms with Crippen molar-refractivity contribution in [3.05, 3.63) is 41.7 Å². The van der Waals surface area contributed by atoms with Gasteiger partial charge in [-0.1, -0.05) is 13.0 Å². The van der Waals surface area contributed by atoms with Crippen LogP contribution in [0.5, 0.6) is 0 Å². The standard InChI is InChI=1S/C19H28N6O/c1-15(13-25-17(3)21-16(2)22-25)19(26)24-9-5-8-23(10-11-24)14-18-6-4-7-20-12-18/h4,6-7,12,15H,5,8-11,13-14H2,1-3H3/t15-/m1/s1. The Morgan fingerprint density at radius 3 is 2.77 bits per heavy atom. The second-order valence-corrected chi connectivity index (χ2v) is 7.11. The fourth-order valence-electron chi connectivity index (χ4n) is 3.48. The fourth-order valence-corrected chi connectivity index (χ4v) is 3.48. The van der Waals surface area contributed by atoms with Crippen LogP contribution >= 0.6 is 0 Å². The predicted octanol–water partition coefficient (Wildman–Crippen LogP) is 1.66. The summed E-state index contributed by atoms with van der Waals surface area (Å²) < 4.78 is 1.84. The molecule has 1 fully saturated rings. The van der Waals surface area contributed by atoms with Crippen molar-refractivity contribution in [1.29, 1.82) is 0 Å². The molecule has 0 unspecified atom stereocenters. The summed E-state index contributed by atoms with van der Waals surface area (Å²) in [6.45, 7) is 10.8. The summed E-state index contributed by atoms with van der Waals surface area (Å²) in [5, 5.41) is 4.38. The molecule has 7 nitrogen and oxygen atoms in total. The van der Waals surface area contributed by atoms with Gasteiger partial charge in [-0.05, 0) is 31.9 Å². The number of nitrogens with zero attached hydrogens (tertiary/aromatic N) is 6. The highest BCUT2D eigenvalue weighted by atomic mass is 16.2. The van der Waals surface area contributed by atoms with E-state index >= 15 is 0 Å². The van der Waals surface area contributed by atoms with Gasteiger partial charge in [-0.2, -0.15) is 5.10 Å². The summed E-state index contributed by atoms with van der Waals surface area (Å²) in [6, 6.07) is 4.07. The van der Waals surface area contributed by atoms with Crippen LogP contribution in [0, 0.1) is 19.8 Å². The van der Waals surface area contributed by atoms with Gasteiger partial charge in [0.2, 0.25) is 5.91 Å². The molecule has 0 N–H and O–H groups in total. The Morgan fingerprint density at radius 2 is 2.08 bits per heavy atom. The average molecular weight is 356 g/mol. The van der Waals surface area contributed by atoms with Gasteiger partial charge < -0.3 is 4.90 Å². The maximum atomic E-state index is 12.9. The van der Waals surface area contributed by atoms with Gasteiger partial charge in [0, 0.05) is 45.1 Å². The van der Waals surface area contributed by atoms with E-state index in [-0.39, 0.29) is 11.8 Å². The summed E-state index contributed by atoms with van der Waals surface area (Å²) in [7, 11) is 0. The third-order valence-corrected chi connectivity index (χ3v) is 4.86. The first-order valence-electron chi connectivity index (χ1n) is 9.31. The number of pyridine rings is 1. The molecule has 0 aromatic carbocycles. The van der Waals surface area contributed by atoms with E-state index in [1.54, 1.807) is 6.20 Å². The first kappa shape index (κ1) is 18.5. The number of hydrogen-bond donors (Lipinski definition) is 0. The molecule has 1 aliphatic heterocycles. The topological polar surface area (TPSA) is 67.2 Å². The van der Waals surface area contributed by atoms with Crippen molar-refractivity contribution in [2.75, 3.05) is 26.2 Å². The Bertz CT molecular complexity index is 729.